The number of benzene rings is 2. The third-order valence-electron chi connectivity index (χ3n) is 5.49. The van der Waals surface area contributed by atoms with Crippen LogP contribution in [0.2, 0.25) is 0 Å². The van der Waals surface area contributed by atoms with Crippen LogP contribution in [0.3, 0.4) is 0 Å². The normalized spacial score (nSPS) is 13.6. The van der Waals surface area contributed by atoms with Crippen LogP contribution in [0.15, 0.2) is 52.1 Å². The van der Waals surface area contributed by atoms with E-state index < -0.39 is 10.0 Å². The molecule has 12 heteroatoms. The minimum atomic E-state index is -4.21. The Morgan fingerprint density at radius 2 is 1.80 bits per heavy atom. The molecule has 1 fully saturated rings. The van der Waals surface area contributed by atoms with Gasteiger partial charge in [-0.15, -0.1) is 0 Å². The van der Waals surface area contributed by atoms with Crippen molar-refractivity contribution >= 4 is 26.8 Å². The lowest BCUT2D eigenvalue weighted by Gasteiger charge is -2.16. The lowest BCUT2D eigenvalue weighted by molar-refractivity contribution is 0.306. The Morgan fingerprint density at radius 3 is 2.40 bits per heavy atom. The maximum atomic E-state index is 13.5. The molecule has 11 nitrogen and oxygen atoms in total. The zero-order chi connectivity index (χ0) is 24.6. The Kier molecular flexibility index (Phi) is 5.89. The van der Waals surface area contributed by atoms with Crippen LogP contribution in [0.4, 0.5) is 5.82 Å². The van der Waals surface area contributed by atoms with Gasteiger partial charge in [0.1, 0.15) is 28.4 Å². The van der Waals surface area contributed by atoms with Gasteiger partial charge in [-0.1, -0.05) is 5.16 Å². The number of nitrogens with one attached hydrogen (secondary N) is 1. The van der Waals surface area contributed by atoms with Crippen LogP contribution in [0.25, 0.3) is 11.0 Å². The van der Waals surface area contributed by atoms with Crippen LogP contribution in [0, 0.1) is 0 Å². The summed E-state index contributed by atoms with van der Waals surface area (Å²) in [7, 11) is -0.0261. The maximum Gasteiger partial charge on any atom is 0.270 e. The third-order valence-corrected chi connectivity index (χ3v) is 6.89. The first-order valence-corrected chi connectivity index (χ1v) is 12.3. The molecule has 0 unspecified atom stereocenters. The number of fused-ring (bicyclic) bond motifs is 1. The summed E-state index contributed by atoms with van der Waals surface area (Å²) in [4.78, 5) is -0.195. The van der Waals surface area contributed by atoms with Gasteiger partial charge >= 0.3 is 0 Å². The molecule has 1 aliphatic rings. The van der Waals surface area contributed by atoms with E-state index >= 15 is 0 Å². The lowest BCUT2D eigenvalue weighted by Crippen LogP contribution is -2.16. The van der Waals surface area contributed by atoms with Gasteiger partial charge in [-0.05, 0) is 36.6 Å². The van der Waals surface area contributed by atoms with Crippen molar-refractivity contribution in [3.63, 3.8) is 0 Å². The first-order valence-electron chi connectivity index (χ1n) is 10.8. The van der Waals surface area contributed by atoms with E-state index in [4.69, 9.17) is 23.5 Å². The van der Waals surface area contributed by atoms with Crippen molar-refractivity contribution in [3.8, 4) is 23.0 Å². The number of aromatic nitrogens is 3. The first-order chi connectivity index (χ1) is 16.9. The summed E-state index contributed by atoms with van der Waals surface area (Å²) in [6.07, 6.45) is 5.47. The Balaban J connectivity index is 1.56. The second kappa shape index (κ2) is 9.02. The van der Waals surface area contributed by atoms with Crippen LogP contribution in [0.1, 0.15) is 18.4 Å². The van der Waals surface area contributed by atoms with Gasteiger partial charge in [0, 0.05) is 24.5 Å². The molecule has 0 radical (unpaired) electrons. The highest BCUT2D eigenvalue weighted by Crippen LogP contribution is 2.41. The van der Waals surface area contributed by atoms with Crippen molar-refractivity contribution in [3.05, 3.63) is 48.3 Å². The number of hydrogen-bond acceptors (Lipinski definition) is 9. The van der Waals surface area contributed by atoms with Crippen molar-refractivity contribution in [2.75, 3.05) is 26.1 Å². The number of sulfonamides is 1. The summed E-state index contributed by atoms with van der Waals surface area (Å²) in [6.45, 7) is 0.492. The lowest BCUT2D eigenvalue weighted by atomic mass is 10.1. The highest BCUT2D eigenvalue weighted by molar-refractivity contribution is 7.93. The molecule has 0 saturated heterocycles. The molecule has 2 aromatic carbocycles. The monoisotopic (exact) mass is 500 g/mol. The molecule has 0 atom stereocenters. The van der Waals surface area contributed by atoms with E-state index in [1.54, 1.807) is 16.9 Å². The van der Waals surface area contributed by atoms with E-state index in [0.717, 1.165) is 18.4 Å². The molecular weight excluding hydrogens is 476 g/mol. The molecule has 0 bridgehead atoms. The number of nitrogens with zero attached hydrogens (tertiary/aromatic N) is 3. The van der Waals surface area contributed by atoms with Crippen LogP contribution < -0.4 is 23.7 Å². The van der Waals surface area contributed by atoms with E-state index in [2.05, 4.69) is 15.0 Å². The van der Waals surface area contributed by atoms with Gasteiger partial charge < -0.3 is 23.5 Å². The van der Waals surface area contributed by atoms with Gasteiger partial charge in [0.15, 0.2) is 16.3 Å². The minimum absolute atomic E-state index is 0.00112. The van der Waals surface area contributed by atoms with E-state index in [0.29, 0.717) is 29.0 Å². The standard InChI is InChI=1S/C23H24N4O7S/c1-30-16-11-19(31-2)22(20(12-16)32-3)35(28,29)26-23-21-17(33-15-5-6-15)9-14(10-18(21)34-25-23)13-27-8-4-7-24-27/h4,7-12,15H,5-6,13H2,1-3H3,(H,25,26). The Morgan fingerprint density at radius 1 is 1.06 bits per heavy atom. The summed E-state index contributed by atoms with van der Waals surface area (Å²) in [6, 6.07) is 8.40. The molecule has 2 heterocycles. The highest BCUT2D eigenvalue weighted by atomic mass is 32.2. The van der Waals surface area contributed by atoms with E-state index in [1.807, 2.05) is 18.3 Å². The molecule has 0 amide bonds. The molecule has 0 spiro atoms. The summed E-state index contributed by atoms with van der Waals surface area (Å²) in [5.41, 5.74) is 1.26. The molecule has 5 rings (SSSR count). The number of rotatable bonds is 10. The zero-order valence-electron chi connectivity index (χ0n) is 19.3. The average molecular weight is 501 g/mol. The Hall–Kier alpha value is -3.93. The summed E-state index contributed by atoms with van der Waals surface area (Å²) < 4.78 is 58.7. The largest absolute Gasteiger partial charge is 0.496 e. The maximum absolute atomic E-state index is 13.5. The van der Waals surface area contributed by atoms with E-state index in [1.165, 1.54) is 33.5 Å². The van der Waals surface area contributed by atoms with Crippen molar-refractivity contribution in [2.45, 2.75) is 30.4 Å². The predicted molar refractivity (Wildman–Crippen MR) is 126 cm³/mol. The Labute approximate surface area is 201 Å². The van der Waals surface area contributed by atoms with Crippen LogP contribution >= 0.6 is 0 Å². The van der Waals surface area contributed by atoms with Gasteiger partial charge in [-0.3, -0.25) is 9.40 Å². The summed E-state index contributed by atoms with van der Waals surface area (Å²) >= 11 is 0. The summed E-state index contributed by atoms with van der Waals surface area (Å²) in [5, 5.41) is 8.66. The molecule has 1 N–H and O–H groups in total. The van der Waals surface area contributed by atoms with Crippen molar-refractivity contribution in [1.29, 1.82) is 0 Å². The van der Waals surface area contributed by atoms with Gasteiger partial charge in [0.05, 0.1) is 34.0 Å². The molecule has 2 aromatic heterocycles. The van der Waals surface area contributed by atoms with E-state index in [9.17, 15) is 8.42 Å². The fraction of sp³-hybridized carbons (Fsp3) is 0.304. The quantitative estimate of drug-likeness (QED) is 0.348. The number of anilines is 1. The fourth-order valence-electron chi connectivity index (χ4n) is 3.71. The summed E-state index contributed by atoms with van der Waals surface area (Å²) in [5.74, 6) is 0.977. The number of hydrogen-bond donors (Lipinski definition) is 1. The number of methoxy groups -OCH3 is 3. The van der Waals surface area contributed by atoms with Gasteiger partial charge in [0.2, 0.25) is 0 Å². The molecule has 4 aromatic rings. The molecule has 184 valence electrons. The molecule has 35 heavy (non-hydrogen) atoms. The van der Waals surface area contributed by atoms with Gasteiger partial charge in [-0.2, -0.15) is 5.10 Å². The van der Waals surface area contributed by atoms with Crippen LogP contribution in [-0.4, -0.2) is 50.8 Å². The van der Waals surface area contributed by atoms with Crippen molar-refractivity contribution in [2.24, 2.45) is 0 Å². The van der Waals surface area contributed by atoms with Gasteiger partial charge in [0.25, 0.3) is 10.0 Å². The van der Waals surface area contributed by atoms with Gasteiger partial charge in [-0.25, -0.2) is 8.42 Å². The van der Waals surface area contributed by atoms with Crippen LogP contribution in [0.5, 0.6) is 23.0 Å². The topological polar surface area (TPSA) is 127 Å². The van der Waals surface area contributed by atoms with Crippen LogP contribution in [-0.2, 0) is 16.6 Å². The fourth-order valence-corrected chi connectivity index (χ4v) is 5.02. The average Bonchev–Trinajstić information content (AvgIpc) is 3.34. The smallest absolute Gasteiger partial charge is 0.270 e. The third kappa shape index (κ3) is 4.56. The second-order valence-corrected chi connectivity index (χ2v) is 9.60. The molecule has 1 aliphatic carbocycles. The zero-order valence-corrected chi connectivity index (χ0v) is 20.2. The highest BCUT2D eigenvalue weighted by Gasteiger charge is 2.30. The van der Waals surface area contributed by atoms with Crippen molar-refractivity contribution < 1.29 is 31.9 Å². The molecular formula is C23H24N4O7S. The van der Waals surface area contributed by atoms with Crippen molar-refractivity contribution in [1.82, 2.24) is 14.9 Å². The second-order valence-electron chi connectivity index (χ2n) is 7.99. The number of ether oxygens (including phenoxy) is 4. The molecule has 0 aliphatic heterocycles. The van der Waals surface area contributed by atoms with E-state index in [-0.39, 0.29) is 28.3 Å². The first kappa shape index (κ1) is 22.8. The minimum Gasteiger partial charge on any atom is -0.496 e. The molecule has 1 saturated carbocycles. The Bertz CT molecular complexity index is 1440. The predicted octanol–water partition coefficient (Wildman–Crippen LogP) is 3.44. The SMILES string of the molecule is COc1cc(OC)c(S(=O)(=O)Nc2noc3cc(Cn4cccn4)cc(OC4CC4)c23)c(OC)c1.